The molecule has 36 heavy (non-hydrogen) atoms. The van der Waals surface area contributed by atoms with Crippen molar-refractivity contribution in [2.24, 2.45) is 5.73 Å². The fraction of sp³-hybridized carbons (Fsp3) is 0.435. The summed E-state index contributed by atoms with van der Waals surface area (Å²) >= 11 is 0. The number of aromatic hydroxyl groups is 1. The third kappa shape index (κ3) is 6.37. The van der Waals surface area contributed by atoms with Gasteiger partial charge in [-0.25, -0.2) is 10.1 Å². The van der Waals surface area contributed by atoms with Crippen LogP contribution in [0.2, 0.25) is 0 Å². The monoisotopic (exact) mass is 501 g/mol. The zero-order chi connectivity index (χ0) is 26.2. The molecule has 1 aliphatic rings. The average Bonchev–Trinajstić information content (AvgIpc) is 3.35. The van der Waals surface area contributed by atoms with Gasteiger partial charge in [0.15, 0.2) is 11.3 Å². The summed E-state index contributed by atoms with van der Waals surface area (Å²) in [6.45, 7) is 0.599. The van der Waals surface area contributed by atoms with Gasteiger partial charge in [0.25, 0.3) is 5.91 Å². The van der Waals surface area contributed by atoms with Gasteiger partial charge in [0.1, 0.15) is 17.8 Å². The highest BCUT2D eigenvalue weighted by molar-refractivity contribution is 6.05. The number of fused-ring (bicyclic) bond motifs is 1. The van der Waals surface area contributed by atoms with E-state index in [4.69, 9.17) is 5.73 Å². The first kappa shape index (κ1) is 26.6. The molecule has 3 atom stereocenters. The fourth-order valence-corrected chi connectivity index (χ4v) is 4.32. The highest BCUT2D eigenvalue weighted by Gasteiger charge is 2.37. The summed E-state index contributed by atoms with van der Waals surface area (Å²) in [7, 11) is 1.50. The first-order valence-electron chi connectivity index (χ1n) is 11.7. The maximum atomic E-state index is 13.4. The van der Waals surface area contributed by atoms with Gasteiger partial charge < -0.3 is 20.6 Å². The number of nitro groups is 1. The molecule has 194 valence electrons. The molecule has 7 N–H and O–H groups in total. The largest absolute Gasteiger partial charge is 0.506 e. The lowest BCUT2D eigenvalue weighted by Gasteiger charge is -2.28. The van der Waals surface area contributed by atoms with Gasteiger partial charge in [-0.2, -0.15) is 0 Å². The minimum absolute atomic E-state index is 0.0195. The van der Waals surface area contributed by atoms with Gasteiger partial charge in [0.05, 0.1) is 5.56 Å². The van der Waals surface area contributed by atoms with Crippen LogP contribution in [-0.4, -0.2) is 71.3 Å². The van der Waals surface area contributed by atoms with Crippen LogP contribution in [0.5, 0.6) is 5.75 Å². The number of likely N-dealkylation sites (tertiary alicyclic amines) is 1. The van der Waals surface area contributed by atoms with Crippen molar-refractivity contribution in [3.05, 3.63) is 52.1 Å². The Kier molecular flexibility index (Phi) is 8.97. The molecule has 2 aromatic rings. The van der Waals surface area contributed by atoms with Crippen LogP contribution in [0.3, 0.4) is 0 Å². The normalized spacial score (nSPS) is 16.8. The Morgan fingerprint density at radius 3 is 2.72 bits per heavy atom. The van der Waals surface area contributed by atoms with E-state index < -0.39 is 35.2 Å². The number of hydrogen-bond acceptors (Lipinski definition) is 8. The van der Waals surface area contributed by atoms with Crippen LogP contribution in [0.25, 0.3) is 10.8 Å². The van der Waals surface area contributed by atoms with Crippen LogP contribution in [0.4, 0.5) is 0 Å². The van der Waals surface area contributed by atoms with Crippen LogP contribution in [-0.2, 0) is 9.59 Å². The molecule has 1 heterocycles. The average molecular weight is 502 g/mol. The van der Waals surface area contributed by atoms with Crippen LogP contribution < -0.4 is 27.1 Å². The molecule has 0 saturated carbocycles. The molecule has 0 bridgehead atoms. The topological polar surface area (TPSA) is 192 Å². The number of carbonyl (C=O) groups is 3. The Hall–Kier alpha value is -3.97. The number of rotatable bonds is 11. The first-order valence-corrected chi connectivity index (χ1v) is 11.7. The first-order chi connectivity index (χ1) is 17.2. The quantitative estimate of drug-likeness (QED) is 0.104. The zero-order valence-corrected chi connectivity index (χ0v) is 19.9. The molecule has 13 heteroatoms. The molecule has 1 fully saturated rings. The Morgan fingerprint density at radius 2 is 2.00 bits per heavy atom. The molecule has 1 aliphatic heterocycles. The summed E-state index contributed by atoms with van der Waals surface area (Å²) in [4.78, 5) is 50.8. The van der Waals surface area contributed by atoms with Crippen LogP contribution >= 0.6 is 0 Å². The number of nitrogens with one attached hydrogen (secondary N) is 4. The van der Waals surface area contributed by atoms with Gasteiger partial charge in [-0.1, -0.05) is 30.3 Å². The summed E-state index contributed by atoms with van der Waals surface area (Å²) in [5.74, 6) is -1.52. The van der Waals surface area contributed by atoms with Crippen LogP contribution in [0, 0.1) is 10.1 Å². The van der Waals surface area contributed by atoms with Crippen molar-refractivity contribution < 1.29 is 24.5 Å². The van der Waals surface area contributed by atoms with Gasteiger partial charge >= 0.3 is 0 Å². The van der Waals surface area contributed by atoms with Gasteiger partial charge in [-0.15, -0.1) is 5.43 Å². The number of phenols is 1. The molecule has 0 spiro atoms. The van der Waals surface area contributed by atoms with E-state index in [9.17, 15) is 29.6 Å². The summed E-state index contributed by atoms with van der Waals surface area (Å²) in [5, 5.41) is 29.6. The maximum absolute atomic E-state index is 13.4. The van der Waals surface area contributed by atoms with Crippen LogP contribution in [0.1, 0.15) is 36.0 Å². The molecular weight excluding hydrogens is 470 g/mol. The molecule has 3 unspecified atom stereocenters. The minimum Gasteiger partial charge on any atom is -0.506 e. The van der Waals surface area contributed by atoms with Crippen molar-refractivity contribution >= 4 is 28.5 Å². The second-order valence-electron chi connectivity index (χ2n) is 8.47. The van der Waals surface area contributed by atoms with E-state index in [1.165, 1.54) is 18.0 Å². The predicted molar refractivity (Wildman–Crippen MR) is 131 cm³/mol. The van der Waals surface area contributed by atoms with Crippen molar-refractivity contribution in [1.29, 1.82) is 0 Å². The lowest BCUT2D eigenvalue weighted by molar-refractivity contribution is -0.552. The van der Waals surface area contributed by atoms with E-state index >= 15 is 0 Å². The molecule has 0 radical (unpaired) electrons. The molecule has 3 amide bonds. The van der Waals surface area contributed by atoms with Crippen molar-refractivity contribution in [2.75, 3.05) is 20.1 Å². The molecule has 0 aromatic heterocycles. The number of hydrazine groups is 1. The van der Waals surface area contributed by atoms with Gasteiger partial charge in [0.2, 0.25) is 11.8 Å². The van der Waals surface area contributed by atoms with Gasteiger partial charge in [0, 0.05) is 19.0 Å². The second-order valence-corrected chi connectivity index (χ2v) is 8.47. The number of nitrogens with two attached hydrogens (primary N) is 1. The lowest BCUT2D eigenvalue weighted by Crippen LogP contribution is -2.54. The fourth-order valence-electron chi connectivity index (χ4n) is 4.32. The summed E-state index contributed by atoms with van der Waals surface area (Å²) in [6.07, 6.45) is 0.592. The molecule has 3 rings (SSSR count). The minimum atomic E-state index is -1.09. The number of amides is 3. The smallest absolute Gasteiger partial charge is 0.255 e. The Balaban J connectivity index is 1.76. The van der Waals surface area contributed by atoms with Crippen molar-refractivity contribution in [2.45, 2.75) is 44.1 Å². The third-order valence-corrected chi connectivity index (χ3v) is 6.11. The number of phenolic OH excluding ortho intramolecular Hbond substituents is 1. The number of carbonyl (C=O) groups excluding carboxylic acids is 3. The van der Waals surface area contributed by atoms with Crippen LogP contribution in [0.15, 0.2) is 36.4 Å². The molecule has 2 aromatic carbocycles. The predicted octanol–water partition coefficient (Wildman–Crippen LogP) is -0.226. The standard InChI is InChI=1S/C23H31N7O6/c1-25-21(33)18-9-5-13-29(18)22(34)17(8-4-12-26-23(24)28-30(35)36)27-20(32)16-11-10-14-6-2-3-7-15(14)19(16)31/h2-3,6-7,10-11,17-18,23,26,28,31H,4-5,8-9,12-13,24H2,1H3,(H,25,33)(H,27,32). The highest BCUT2D eigenvalue weighted by Crippen LogP contribution is 2.29. The highest BCUT2D eigenvalue weighted by atomic mass is 16.7. The number of nitrogens with zero attached hydrogens (tertiary/aromatic N) is 2. The summed E-state index contributed by atoms with van der Waals surface area (Å²) in [6, 6.07) is 8.63. The Bertz CT molecular complexity index is 1130. The van der Waals surface area contributed by atoms with Gasteiger partial charge in [-0.05, 0) is 43.7 Å². The van der Waals surface area contributed by atoms with Crippen molar-refractivity contribution in [1.82, 2.24) is 26.3 Å². The maximum Gasteiger partial charge on any atom is 0.255 e. The van der Waals surface area contributed by atoms with Crippen molar-refractivity contribution in [3.8, 4) is 5.75 Å². The van der Waals surface area contributed by atoms with Crippen molar-refractivity contribution in [3.63, 3.8) is 0 Å². The number of hydrogen-bond donors (Lipinski definition) is 6. The number of likely N-dealkylation sites (N-methyl/N-ethyl adjacent to an activating group) is 1. The lowest BCUT2D eigenvalue weighted by atomic mass is 10.0. The van der Waals surface area contributed by atoms with E-state index in [1.54, 1.807) is 24.3 Å². The van der Waals surface area contributed by atoms with E-state index in [0.29, 0.717) is 31.2 Å². The Labute approximate surface area is 207 Å². The van der Waals surface area contributed by atoms with E-state index in [0.717, 1.165) is 5.39 Å². The molecule has 0 aliphatic carbocycles. The van der Waals surface area contributed by atoms with Gasteiger partial charge in [-0.3, -0.25) is 25.4 Å². The summed E-state index contributed by atoms with van der Waals surface area (Å²) in [5.41, 5.74) is 7.44. The molecule has 13 nitrogen and oxygen atoms in total. The third-order valence-electron chi connectivity index (χ3n) is 6.11. The number of benzene rings is 2. The molecular formula is C23H31N7O6. The Morgan fingerprint density at radius 1 is 1.25 bits per heavy atom. The summed E-state index contributed by atoms with van der Waals surface area (Å²) < 4.78 is 0. The SMILES string of the molecule is CNC(=O)C1CCCN1C(=O)C(CCCNC(N)N[N+](=O)[O-])NC(=O)c1ccc2ccccc2c1O. The van der Waals surface area contributed by atoms with E-state index in [-0.39, 0.29) is 30.2 Å². The zero-order valence-electron chi connectivity index (χ0n) is 19.9. The van der Waals surface area contributed by atoms with E-state index in [2.05, 4.69) is 16.0 Å². The van der Waals surface area contributed by atoms with E-state index in [1.807, 2.05) is 11.5 Å². The second kappa shape index (κ2) is 12.1. The molecule has 1 saturated heterocycles.